The molecule has 2 heterocycles. The van der Waals surface area contributed by atoms with Gasteiger partial charge in [0.25, 0.3) is 0 Å². The molecule has 1 aromatic carbocycles. The van der Waals surface area contributed by atoms with Crippen molar-refractivity contribution in [3.8, 4) is 0 Å². The summed E-state index contributed by atoms with van der Waals surface area (Å²) in [5.74, 6) is 0.221. The van der Waals surface area contributed by atoms with E-state index in [-0.39, 0.29) is 11.3 Å². The average molecular weight is 358 g/mol. The van der Waals surface area contributed by atoms with Gasteiger partial charge in [-0.2, -0.15) is 0 Å². The number of aliphatic hydroxyl groups is 1. The van der Waals surface area contributed by atoms with E-state index in [1.165, 1.54) is 0 Å². The Kier molecular flexibility index (Phi) is 5.04. The number of benzene rings is 1. The van der Waals surface area contributed by atoms with Gasteiger partial charge in [-0.3, -0.25) is 9.69 Å². The van der Waals surface area contributed by atoms with E-state index in [1.807, 2.05) is 23.1 Å². The average Bonchev–Trinajstić information content (AvgIpc) is 3.31. The second-order valence-corrected chi connectivity index (χ2v) is 8.24. The smallest absolute Gasteiger partial charge is 0.233 e. The Bertz CT molecular complexity index is 623. The predicted octanol–water partition coefficient (Wildman–Crippen LogP) is 1.79. The molecule has 1 atom stereocenters. The Balaban J connectivity index is 1.47. The van der Waals surface area contributed by atoms with Gasteiger partial charge in [0.2, 0.25) is 5.91 Å². The summed E-state index contributed by atoms with van der Waals surface area (Å²) in [6.45, 7) is 4.95. The zero-order chi connectivity index (χ0) is 18.0. The fraction of sp³-hybridized carbons (Fsp3) is 0.667. The number of carbonyl (C=O) groups excluding carboxylic acids is 1. The minimum atomic E-state index is -0.788. The largest absolute Gasteiger partial charge is 0.387 e. The van der Waals surface area contributed by atoms with Crippen molar-refractivity contribution < 1.29 is 14.6 Å². The van der Waals surface area contributed by atoms with Crippen molar-refractivity contribution in [2.24, 2.45) is 0 Å². The zero-order valence-corrected chi connectivity index (χ0v) is 15.5. The van der Waals surface area contributed by atoms with E-state index in [2.05, 4.69) is 17.0 Å². The molecule has 3 aliphatic rings. The standard InChI is InChI=1S/C21H30N2O3/c24-19(21(8-4-5-9-21)18-6-2-1-3-7-18)23-11-10-20(25,17-23)16-22-12-14-26-15-13-22/h1-3,6-7,25H,4-5,8-17H2/t20-/m0/s1. The molecule has 1 saturated carbocycles. The van der Waals surface area contributed by atoms with E-state index in [9.17, 15) is 9.90 Å². The van der Waals surface area contributed by atoms with Crippen molar-refractivity contribution in [3.05, 3.63) is 35.9 Å². The second kappa shape index (κ2) is 7.29. The summed E-state index contributed by atoms with van der Waals surface area (Å²) in [7, 11) is 0. The molecule has 142 valence electrons. The minimum absolute atomic E-state index is 0.221. The molecule has 5 nitrogen and oxygen atoms in total. The van der Waals surface area contributed by atoms with Crippen LogP contribution in [-0.4, -0.2) is 72.4 Å². The number of hydrogen-bond acceptors (Lipinski definition) is 4. The SMILES string of the molecule is O=C(N1CC[C@](O)(CN2CCOCC2)C1)C1(c2ccccc2)CCCC1. The first-order chi connectivity index (χ1) is 12.6. The predicted molar refractivity (Wildman–Crippen MR) is 100.0 cm³/mol. The van der Waals surface area contributed by atoms with Crippen molar-refractivity contribution in [1.29, 1.82) is 0 Å². The molecule has 0 radical (unpaired) electrons. The number of carbonyl (C=O) groups is 1. The molecule has 26 heavy (non-hydrogen) atoms. The first-order valence-corrected chi connectivity index (χ1v) is 9.99. The third-order valence-electron chi connectivity index (χ3n) is 6.43. The van der Waals surface area contributed by atoms with Crippen molar-refractivity contribution >= 4 is 5.91 Å². The normalized spacial score (nSPS) is 29.2. The topological polar surface area (TPSA) is 53.0 Å². The van der Waals surface area contributed by atoms with Crippen LogP contribution in [0.2, 0.25) is 0 Å². The van der Waals surface area contributed by atoms with E-state index < -0.39 is 5.60 Å². The zero-order valence-electron chi connectivity index (χ0n) is 15.5. The van der Waals surface area contributed by atoms with Crippen molar-refractivity contribution in [2.75, 3.05) is 45.9 Å². The number of likely N-dealkylation sites (tertiary alicyclic amines) is 1. The Morgan fingerprint density at radius 3 is 2.42 bits per heavy atom. The van der Waals surface area contributed by atoms with Crippen LogP contribution in [-0.2, 0) is 14.9 Å². The van der Waals surface area contributed by atoms with Gasteiger partial charge in [0.15, 0.2) is 0 Å². The molecule has 1 aliphatic carbocycles. The van der Waals surface area contributed by atoms with Gasteiger partial charge in [-0.25, -0.2) is 0 Å². The molecule has 4 rings (SSSR count). The highest BCUT2D eigenvalue weighted by Gasteiger charge is 2.48. The molecule has 5 heteroatoms. The summed E-state index contributed by atoms with van der Waals surface area (Å²) in [6.07, 6.45) is 4.72. The highest BCUT2D eigenvalue weighted by Crippen LogP contribution is 2.43. The van der Waals surface area contributed by atoms with Crippen LogP contribution in [0.4, 0.5) is 0 Å². The maximum atomic E-state index is 13.5. The quantitative estimate of drug-likeness (QED) is 0.892. The molecule has 0 unspecified atom stereocenters. The fourth-order valence-electron chi connectivity index (χ4n) is 5.00. The monoisotopic (exact) mass is 358 g/mol. The van der Waals surface area contributed by atoms with E-state index >= 15 is 0 Å². The number of β-amino-alcohol motifs (C(OH)–C–C–N with tert-alkyl or cyclic N) is 1. The lowest BCUT2D eigenvalue weighted by Gasteiger charge is -2.35. The van der Waals surface area contributed by atoms with Gasteiger partial charge in [0, 0.05) is 26.2 Å². The highest BCUT2D eigenvalue weighted by atomic mass is 16.5. The molecular formula is C21H30N2O3. The number of ether oxygens (including phenoxy) is 1. The van der Waals surface area contributed by atoms with E-state index in [4.69, 9.17) is 4.74 Å². The molecule has 2 saturated heterocycles. The van der Waals surface area contributed by atoms with Crippen molar-refractivity contribution in [2.45, 2.75) is 43.1 Å². The summed E-state index contributed by atoms with van der Waals surface area (Å²) in [5, 5.41) is 11.1. The molecule has 2 aliphatic heterocycles. The summed E-state index contributed by atoms with van der Waals surface area (Å²) >= 11 is 0. The van der Waals surface area contributed by atoms with Crippen molar-refractivity contribution in [1.82, 2.24) is 9.80 Å². The van der Waals surface area contributed by atoms with Gasteiger partial charge in [-0.1, -0.05) is 43.2 Å². The Morgan fingerprint density at radius 2 is 1.73 bits per heavy atom. The van der Waals surface area contributed by atoms with Gasteiger partial charge in [0.05, 0.1) is 30.8 Å². The first kappa shape index (κ1) is 18.0. The van der Waals surface area contributed by atoms with Gasteiger partial charge in [0.1, 0.15) is 0 Å². The molecule has 1 aromatic rings. The fourth-order valence-corrected chi connectivity index (χ4v) is 5.00. The minimum Gasteiger partial charge on any atom is -0.387 e. The maximum absolute atomic E-state index is 13.5. The van der Waals surface area contributed by atoms with Gasteiger partial charge >= 0.3 is 0 Å². The lowest BCUT2D eigenvalue weighted by molar-refractivity contribution is -0.137. The number of hydrogen-bond donors (Lipinski definition) is 1. The Labute approximate surface area is 155 Å². The van der Waals surface area contributed by atoms with Crippen LogP contribution in [0.5, 0.6) is 0 Å². The molecule has 0 bridgehead atoms. The lowest BCUT2D eigenvalue weighted by atomic mass is 9.77. The number of nitrogens with zero attached hydrogens (tertiary/aromatic N) is 2. The molecule has 0 aromatic heterocycles. The van der Waals surface area contributed by atoms with Crippen molar-refractivity contribution in [3.63, 3.8) is 0 Å². The number of amides is 1. The highest BCUT2D eigenvalue weighted by molar-refractivity contribution is 5.89. The van der Waals surface area contributed by atoms with E-state index in [0.717, 1.165) is 57.6 Å². The first-order valence-electron chi connectivity index (χ1n) is 9.99. The molecule has 1 N–H and O–H groups in total. The number of rotatable bonds is 4. The van der Waals surface area contributed by atoms with Crippen LogP contribution in [0, 0.1) is 0 Å². The summed E-state index contributed by atoms with van der Waals surface area (Å²) in [5.41, 5.74) is -0.0271. The molecule has 3 fully saturated rings. The summed E-state index contributed by atoms with van der Waals surface area (Å²) < 4.78 is 5.40. The maximum Gasteiger partial charge on any atom is 0.233 e. The Morgan fingerprint density at radius 1 is 1.04 bits per heavy atom. The van der Waals surface area contributed by atoms with Crippen LogP contribution in [0.1, 0.15) is 37.7 Å². The summed E-state index contributed by atoms with van der Waals surface area (Å²) in [4.78, 5) is 17.7. The van der Waals surface area contributed by atoms with Gasteiger partial charge < -0.3 is 14.7 Å². The third-order valence-corrected chi connectivity index (χ3v) is 6.43. The molecular weight excluding hydrogens is 328 g/mol. The van der Waals surface area contributed by atoms with E-state index in [1.54, 1.807) is 0 Å². The lowest BCUT2D eigenvalue weighted by Crippen LogP contribution is -2.51. The van der Waals surface area contributed by atoms with Gasteiger partial charge in [-0.15, -0.1) is 0 Å². The number of morpholine rings is 1. The molecule has 1 amide bonds. The van der Waals surface area contributed by atoms with Crippen LogP contribution in [0.3, 0.4) is 0 Å². The Hall–Kier alpha value is -1.43. The third kappa shape index (κ3) is 3.40. The van der Waals surface area contributed by atoms with Crippen LogP contribution in [0.25, 0.3) is 0 Å². The summed E-state index contributed by atoms with van der Waals surface area (Å²) in [6, 6.07) is 10.3. The second-order valence-electron chi connectivity index (χ2n) is 8.24. The van der Waals surface area contributed by atoms with Gasteiger partial charge in [-0.05, 0) is 24.8 Å². The van der Waals surface area contributed by atoms with E-state index in [0.29, 0.717) is 26.1 Å². The van der Waals surface area contributed by atoms with Crippen LogP contribution < -0.4 is 0 Å². The molecule has 0 spiro atoms. The van der Waals surface area contributed by atoms with Crippen LogP contribution in [0.15, 0.2) is 30.3 Å². The van der Waals surface area contributed by atoms with Crippen LogP contribution >= 0.6 is 0 Å².